The summed E-state index contributed by atoms with van der Waals surface area (Å²) in [5, 5.41) is 16.2. The fourth-order valence-corrected chi connectivity index (χ4v) is 7.73. The number of nitrogens with one attached hydrogen (secondary N) is 3. The first kappa shape index (κ1) is 30.0. The summed E-state index contributed by atoms with van der Waals surface area (Å²) in [5.74, 6) is -0.584. The third-order valence-electron chi connectivity index (χ3n) is 6.98. The van der Waals surface area contributed by atoms with Gasteiger partial charge < -0.3 is 30.4 Å². The van der Waals surface area contributed by atoms with Crippen molar-refractivity contribution in [2.75, 3.05) is 36.5 Å². The predicted octanol–water partition coefficient (Wildman–Crippen LogP) is -0.126. The quantitative estimate of drug-likeness (QED) is 0.0876. The van der Waals surface area contributed by atoms with Gasteiger partial charge in [-0.3, -0.25) is 19.3 Å². The van der Waals surface area contributed by atoms with Crippen molar-refractivity contribution in [3.63, 3.8) is 0 Å². The van der Waals surface area contributed by atoms with Crippen molar-refractivity contribution in [3.05, 3.63) is 70.6 Å². The number of thiazole rings is 1. The SMILES string of the molecule is CN[n+]1ccc(SCC2=C(C(=O)[O-])N3C(=O)[C@@H](NC(=O)C(NOCc4ccc5c(c4)OCO5)c4csc(N)n4)[C@H]3SC2)cc1. The van der Waals surface area contributed by atoms with Crippen LogP contribution in [0.1, 0.15) is 17.3 Å². The van der Waals surface area contributed by atoms with E-state index in [-0.39, 0.29) is 24.2 Å². The lowest BCUT2D eigenvalue weighted by molar-refractivity contribution is -0.647. The number of hydroxylamine groups is 1. The van der Waals surface area contributed by atoms with Gasteiger partial charge in [0.1, 0.15) is 11.4 Å². The number of aliphatic carboxylic acids is 1. The molecule has 3 aromatic rings. The van der Waals surface area contributed by atoms with Crippen molar-refractivity contribution >= 4 is 57.8 Å². The monoisotopic (exact) mass is 657 g/mol. The topological polar surface area (TPSA) is 184 Å². The lowest BCUT2D eigenvalue weighted by atomic mass is 10.0. The minimum Gasteiger partial charge on any atom is -0.543 e. The van der Waals surface area contributed by atoms with E-state index in [0.29, 0.717) is 34.3 Å². The molecule has 5 heterocycles. The molecule has 17 heteroatoms. The van der Waals surface area contributed by atoms with Gasteiger partial charge in [0.2, 0.25) is 25.1 Å². The number of rotatable bonds is 12. The maximum Gasteiger partial charge on any atom is 0.253 e. The van der Waals surface area contributed by atoms with Crippen LogP contribution in [0.2, 0.25) is 0 Å². The summed E-state index contributed by atoms with van der Waals surface area (Å²) in [5.41, 5.74) is 13.0. The Morgan fingerprint density at radius 2 is 2.07 bits per heavy atom. The maximum atomic E-state index is 13.5. The van der Waals surface area contributed by atoms with E-state index in [1.807, 2.05) is 24.5 Å². The standard InChI is InChI=1S/C27H27N7O7S3/c1-29-33-6-4-16(5-7-33)42-10-15-11-43-25-21(24(36)34(25)22(15)26(37)38)31-23(35)20(17-12-44-27(28)30-17)32-41-9-14-2-3-18-19(8-14)40-13-39-18/h2-8,12,20-21,25,29,32H,9-11,13H2,1H3,(H3-,28,30,31,35,37,38)/t20?,21-,25-/m1/s1. The zero-order valence-corrected chi connectivity index (χ0v) is 25.6. The third-order valence-corrected chi connectivity index (χ3v) is 10.1. The van der Waals surface area contributed by atoms with Crippen LogP contribution in [0.4, 0.5) is 5.13 Å². The first-order valence-electron chi connectivity index (χ1n) is 13.3. The fraction of sp³-hybridized carbons (Fsp3) is 0.296. The highest BCUT2D eigenvalue weighted by Gasteiger charge is 2.53. The van der Waals surface area contributed by atoms with Crippen LogP contribution in [0.15, 0.2) is 64.3 Å². The summed E-state index contributed by atoms with van der Waals surface area (Å²) in [6.07, 6.45) is 3.69. The van der Waals surface area contributed by atoms with Gasteiger partial charge in [-0.15, -0.1) is 34.9 Å². The Bertz CT molecular complexity index is 1620. The highest BCUT2D eigenvalue weighted by molar-refractivity contribution is 8.01. The normalized spacial score (nSPS) is 19.3. The van der Waals surface area contributed by atoms with Gasteiger partial charge in [0.05, 0.1) is 31.0 Å². The zero-order valence-electron chi connectivity index (χ0n) is 23.2. The van der Waals surface area contributed by atoms with E-state index in [9.17, 15) is 19.5 Å². The number of carbonyl (C=O) groups excluding carboxylic acids is 3. The van der Waals surface area contributed by atoms with E-state index >= 15 is 0 Å². The maximum absolute atomic E-state index is 13.5. The molecule has 3 atom stereocenters. The Hall–Kier alpha value is -4.03. The lowest BCUT2D eigenvalue weighted by Crippen LogP contribution is -2.71. The summed E-state index contributed by atoms with van der Waals surface area (Å²) < 4.78 is 12.5. The number of nitrogens with two attached hydrogens (primary N) is 1. The van der Waals surface area contributed by atoms with Gasteiger partial charge in [-0.2, -0.15) is 10.9 Å². The Morgan fingerprint density at radius 1 is 1.27 bits per heavy atom. The number of nitrogens with zero attached hydrogens (tertiary/aromatic N) is 3. The number of benzene rings is 1. The Balaban J connectivity index is 1.11. The molecule has 5 N–H and O–H groups in total. The van der Waals surface area contributed by atoms with E-state index in [2.05, 4.69) is 21.2 Å². The first-order chi connectivity index (χ1) is 21.3. The van der Waals surface area contributed by atoms with Gasteiger partial charge in [0.25, 0.3) is 5.91 Å². The van der Waals surface area contributed by atoms with Crippen LogP contribution in [0, 0.1) is 0 Å². The van der Waals surface area contributed by atoms with Crippen LogP contribution in [0.3, 0.4) is 0 Å². The fourth-order valence-electron chi connectivity index (χ4n) is 4.77. The smallest absolute Gasteiger partial charge is 0.253 e. The number of fused-ring (bicyclic) bond motifs is 2. The van der Waals surface area contributed by atoms with Gasteiger partial charge in [-0.1, -0.05) is 10.7 Å². The number of carboxylic acids is 1. The van der Waals surface area contributed by atoms with E-state index < -0.39 is 35.2 Å². The minimum absolute atomic E-state index is 0.0910. The van der Waals surface area contributed by atoms with Crippen LogP contribution in [0.5, 0.6) is 11.5 Å². The molecule has 6 rings (SSSR count). The number of anilines is 1. The van der Waals surface area contributed by atoms with E-state index in [1.54, 1.807) is 35.3 Å². The van der Waals surface area contributed by atoms with Gasteiger partial charge in [-0.05, 0) is 23.3 Å². The molecule has 3 aliphatic rings. The van der Waals surface area contributed by atoms with Crippen molar-refractivity contribution in [1.29, 1.82) is 0 Å². The van der Waals surface area contributed by atoms with Crippen molar-refractivity contribution in [2.45, 2.75) is 29.0 Å². The molecule has 3 aliphatic heterocycles. The number of ether oxygens (including phenoxy) is 2. The number of carbonyl (C=O) groups is 3. The average Bonchev–Trinajstić information content (AvgIpc) is 3.68. The third kappa shape index (κ3) is 6.14. The molecule has 0 spiro atoms. The molecule has 0 radical (unpaired) electrons. The van der Waals surface area contributed by atoms with Gasteiger partial charge in [0, 0.05) is 33.9 Å². The van der Waals surface area contributed by atoms with Gasteiger partial charge in [0.15, 0.2) is 22.7 Å². The molecule has 2 amide bonds. The molecular formula is C27H27N7O7S3. The zero-order chi connectivity index (χ0) is 30.8. The second kappa shape index (κ2) is 12.9. The largest absolute Gasteiger partial charge is 0.543 e. The van der Waals surface area contributed by atoms with E-state index in [1.165, 1.54) is 28.4 Å². The average molecular weight is 658 g/mol. The van der Waals surface area contributed by atoms with Crippen molar-refractivity contribution in [2.24, 2.45) is 0 Å². The molecule has 14 nitrogen and oxygen atoms in total. The van der Waals surface area contributed by atoms with Crippen molar-refractivity contribution in [3.8, 4) is 11.5 Å². The number of thioether (sulfide) groups is 2. The molecule has 2 aromatic heterocycles. The van der Waals surface area contributed by atoms with Gasteiger partial charge >= 0.3 is 0 Å². The predicted molar refractivity (Wildman–Crippen MR) is 159 cm³/mol. The van der Waals surface area contributed by atoms with Crippen LogP contribution in [0.25, 0.3) is 0 Å². The van der Waals surface area contributed by atoms with E-state index in [0.717, 1.165) is 21.8 Å². The Morgan fingerprint density at radius 3 is 2.80 bits per heavy atom. The first-order valence-corrected chi connectivity index (χ1v) is 16.2. The summed E-state index contributed by atoms with van der Waals surface area (Å²) in [6, 6.07) is 7.11. The van der Waals surface area contributed by atoms with Crippen molar-refractivity contribution < 1.29 is 38.5 Å². The molecule has 1 fully saturated rings. The number of aromatic nitrogens is 2. The highest BCUT2D eigenvalue weighted by Crippen LogP contribution is 2.41. The minimum atomic E-state index is -1.43. The van der Waals surface area contributed by atoms with Crippen LogP contribution in [-0.4, -0.2) is 64.4 Å². The summed E-state index contributed by atoms with van der Waals surface area (Å²) >= 11 is 4.00. The van der Waals surface area contributed by atoms with Gasteiger partial charge in [-0.25, -0.2) is 4.98 Å². The number of carboxylic acid groups (broad SMARTS) is 1. The molecule has 1 saturated heterocycles. The number of β-lactam (4-membered cyclic amide) rings is 1. The number of hydrogen-bond donors (Lipinski definition) is 4. The molecule has 1 unspecified atom stereocenters. The number of pyridine rings is 1. The second-order valence-corrected chi connectivity index (χ2v) is 12.8. The Labute approximate surface area is 263 Å². The van der Waals surface area contributed by atoms with Crippen LogP contribution in [-0.2, 0) is 25.8 Å². The molecule has 1 aromatic carbocycles. The lowest BCUT2D eigenvalue weighted by Gasteiger charge is -2.51. The molecule has 0 aliphatic carbocycles. The molecular weight excluding hydrogens is 631 g/mol. The molecule has 44 heavy (non-hydrogen) atoms. The highest BCUT2D eigenvalue weighted by atomic mass is 32.2. The summed E-state index contributed by atoms with van der Waals surface area (Å²) in [6.45, 7) is 0.237. The second-order valence-electron chi connectivity index (χ2n) is 9.73. The Kier molecular flexibility index (Phi) is 8.81. The molecule has 0 saturated carbocycles. The molecule has 230 valence electrons. The number of nitrogen functional groups attached to an aromatic ring is 1. The van der Waals surface area contributed by atoms with E-state index in [4.69, 9.17) is 20.0 Å². The number of amides is 2. The van der Waals surface area contributed by atoms with Crippen molar-refractivity contribution in [1.82, 2.24) is 20.7 Å². The van der Waals surface area contributed by atoms with Crippen LogP contribution < -0.4 is 41.2 Å². The van der Waals surface area contributed by atoms with Crippen LogP contribution >= 0.6 is 34.9 Å². The summed E-state index contributed by atoms with van der Waals surface area (Å²) in [4.78, 5) is 50.9. The summed E-state index contributed by atoms with van der Waals surface area (Å²) in [7, 11) is 1.79. The molecule has 0 bridgehead atoms. The number of hydrogen-bond acceptors (Lipinski definition) is 14.